The third-order valence-electron chi connectivity index (χ3n) is 6.66. The lowest BCUT2D eigenvalue weighted by atomic mass is 10.0. The van der Waals surface area contributed by atoms with Crippen molar-refractivity contribution >= 4 is 43.4 Å². The van der Waals surface area contributed by atoms with Gasteiger partial charge in [0.2, 0.25) is 0 Å². The number of benzene rings is 3. The summed E-state index contributed by atoms with van der Waals surface area (Å²) in [5.41, 5.74) is 3.84. The predicted molar refractivity (Wildman–Crippen MR) is 143 cm³/mol. The molecule has 1 aliphatic heterocycles. The first-order valence-corrected chi connectivity index (χ1v) is 12.9. The van der Waals surface area contributed by atoms with Crippen LogP contribution in [-0.4, -0.2) is 62.3 Å². The van der Waals surface area contributed by atoms with Crippen LogP contribution in [0.25, 0.3) is 21.0 Å². The number of anilines is 1. The van der Waals surface area contributed by atoms with Crippen molar-refractivity contribution in [3.05, 3.63) is 65.2 Å². The monoisotopic (exact) mass is 489 g/mol. The number of nitrogens with zero attached hydrogens (tertiary/aromatic N) is 3. The average molecular weight is 490 g/mol. The highest BCUT2D eigenvalue weighted by Gasteiger charge is 2.25. The number of aryl methyl sites for hydroxylation is 2. The van der Waals surface area contributed by atoms with Gasteiger partial charge in [-0.3, -0.25) is 14.6 Å². The number of thiazole rings is 1. The molecular formula is C28H31N3O3S. The van der Waals surface area contributed by atoms with Crippen molar-refractivity contribution in [2.24, 2.45) is 0 Å². The first-order chi connectivity index (χ1) is 17.0. The Kier molecular flexibility index (Phi) is 7.00. The molecule has 3 aromatic carbocycles. The zero-order chi connectivity index (χ0) is 24.4. The summed E-state index contributed by atoms with van der Waals surface area (Å²) < 4.78 is 12.3. The highest BCUT2D eigenvalue weighted by atomic mass is 32.1. The average Bonchev–Trinajstić information content (AvgIpc) is 3.35. The fourth-order valence-corrected chi connectivity index (χ4v) is 5.76. The number of aromatic nitrogens is 1. The summed E-state index contributed by atoms with van der Waals surface area (Å²) in [4.78, 5) is 23.3. The van der Waals surface area contributed by atoms with E-state index < -0.39 is 0 Å². The van der Waals surface area contributed by atoms with E-state index in [1.807, 2.05) is 41.3 Å². The number of hydrogen-bond acceptors (Lipinski definition) is 6. The Bertz CT molecular complexity index is 1320. The molecule has 0 atom stereocenters. The van der Waals surface area contributed by atoms with Gasteiger partial charge in [-0.15, -0.1) is 0 Å². The van der Waals surface area contributed by atoms with Gasteiger partial charge in [0.05, 0.1) is 36.1 Å². The van der Waals surface area contributed by atoms with Gasteiger partial charge in [0.1, 0.15) is 5.75 Å². The Morgan fingerprint density at radius 3 is 2.51 bits per heavy atom. The van der Waals surface area contributed by atoms with Crippen molar-refractivity contribution in [1.82, 2.24) is 9.88 Å². The summed E-state index contributed by atoms with van der Waals surface area (Å²) in [6.45, 7) is 9.09. The van der Waals surface area contributed by atoms with Crippen LogP contribution in [-0.2, 0) is 4.74 Å². The molecule has 1 aromatic heterocycles. The minimum Gasteiger partial charge on any atom is -0.496 e. The van der Waals surface area contributed by atoms with Crippen molar-refractivity contribution in [2.75, 3.05) is 51.4 Å². The summed E-state index contributed by atoms with van der Waals surface area (Å²) in [6, 6.07) is 16.1. The van der Waals surface area contributed by atoms with Crippen LogP contribution < -0.4 is 9.64 Å². The molecule has 1 saturated heterocycles. The van der Waals surface area contributed by atoms with Gasteiger partial charge >= 0.3 is 0 Å². The van der Waals surface area contributed by atoms with Crippen LogP contribution in [0.2, 0.25) is 0 Å². The first-order valence-electron chi connectivity index (χ1n) is 12.1. The topological polar surface area (TPSA) is 54.9 Å². The Hall–Kier alpha value is -3.00. The van der Waals surface area contributed by atoms with Gasteiger partial charge in [0.15, 0.2) is 5.13 Å². The van der Waals surface area contributed by atoms with Crippen LogP contribution in [0, 0.1) is 13.8 Å². The first kappa shape index (κ1) is 23.7. The lowest BCUT2D eigenvalue weighted by molar-refractivity contribution is 0.0376. The van der Waals surface area contributed by atoms with E-state index in [4.69, 9.17) is 14.5 Å². The largest absolute Gasteiger partial charge is 0.496 e. The molecule has 0 saturated carbocycles. The maximum absolute atomic E-state index is 14.1. The molecule has 1 fully saturated rings. The Balaban J connectivity index is 1.51. The summed E-state index contributed by atoms with van der Waals surface area (Å²) in [6.07, 6.45) is 0.857. The number of carbonyl (C=O) groups excluding carboxylic acids is 1. The van der Waals surface area contributed by atoms with E-state index in [0.717, 1.165) is 71.0 Å². The van der Waals surface area contributed by atoms with Crippen molar-refractivity contribution in [3.63, 3.8) is 0 Å². The summed E-state index contributed by atoms with van der Waals surface area (Å²) >= 11 is 1.59. The van der Waals surface area contributed by atoms with E-state index in [9.17, 15) is 4.79 Å². The standard InChI is InChI=1S/C28H31N3O3S/c1-19-9-10-20(2)26-25(19)29-28(35-26)31(12-6-11-30-13-15-34-16-14-30)27(32)23-17-21-7-4-5-8-22(21)18-24(23)33-3/h4-5,7-10,17-18H,6,11-16H2,1-3H3. The highest BCUT2D eigenvalue weighted by Crippen LogP contribution is 2.35. The number of rotatable bonds is 7. The minimum absolute atomic E-state index is 0.0797. The number of hydrogen-bond donors (Lipinski definition) is 0. The van der Waals surface area contributed by atoms with Crippen LogP contribution in [0.5, 0.6) is 5.75 Å². The molecular weight excluding hydrogens is 458 g/mol. The number of ether oxygens (including phenoxy) is 2. The molecule has 7 heteroatoms. The van der Waals surface area contributed by atoms with E-state index in [-0.39, 0.29) is 5.91 Å². The quantitative estimate of drug-likeness (QED) is 0.346. The Morgan fingerprint density at radius 1 is 1.09 bits per heavy atom. The van der Waals surface area contributed by atoms with E-state index in [0.29, 0.717) is 17.9 Å². The van der Waals surface area contributed by atoms with Gasteiger partial charge in [-0.05, 0) is 54.3 Å². The molecule has 2 heterocycles. The molecule has 0 bridgehead atoms. The predicted octanol–water partition coefficient (Wildman–Crippen LogP) is 5.44. The van der Waals surface area contributed by atoms with Crippen LogP contribution in [0.4, 0.5) is 5.13 Å². The molecule has 182 valence electrons. The van der Waals surface area contributed by atoms with Crippen LogP contribution in [0.3, 0.4) is 0 Å². The molecule has 1 amide bonds. The molecule has 5 rings (SSSR count). The van der Waals surface area contributed by atoms with Gasteiger partial charge in [-0.1, -0.05) is 47.7 Å². The highest BCUT2D eigenvalue weighted by molar-refractivity contribution is 7.22. The molecule has 4 aromatic rings. The van der Waals surface area contributed by atoms with E-state index in [1.165, 1.54) is 5.56 Å². The second-order valence-corrected chi connectivity index (χ2v) is 10.0. The SMILES string of the molecule is COc1cc2ccccc2cc1C(=O)N(CCCN1CCOCC1)c1nc2c(C)ccc(C)c2s1. The fraction of sp³-hybridized carbons (Fsp3) is 0.357. The van der Waals surface area contributed by atoms with Crippen molar-refractivity contribution in [1.29, 1.82) is 0 Å². The van der Waals surface area contributed by atoms with Gasteiger partial charge < -0.3 is 9.47 Å². The Morgan fingerprint density at radius 2 is 1.80 bits per heavy atom. The molecule has 0 radical (unpaired) electrons. The molecule has 0 N–H and O–H groups in total. The van der Waals surface area contributed by atoms with Gasteiger partial charge in [-0.2, -0.15) is 0 Å². The van der Waals surface area contributed by atoms with Gasteiger partial charge in [0.25, 0.3) is 5.91 Å². The van der Waals surface area contributed by atoms with Crippen LogP contribution >= 0.6 is 11.3 Å². The van der Waals surface area contributed by atoms with Crippen molar-refractivity contribution < 1.29 is 14.3 Å². The molecule has 6 nitrogen and oxygen atoms in total. The molecule has 1 aliphatic rings. The normalized spacial score (nSPS) is 14.5. The van der Waals surface area contributed by atoms with Crippen molar-refractivity contribution in [2.45, 2.75) is 20.3 Å². The van der Waals surface area contributed by atoms with Crippen molar-refractivity contribution in [3.8, 4) is 5.75 Å². The van der Waals surface area contributed by atoms with Gasteiger partial charge in [-0.25, -0.2) is 4.98 Å². The van der Waals surface area contributed by atoms with E-state index in [1.54, 1.807) is 18.4 Å². The van der Waals surface area contributed by atoms with E-state index >= 15 is 0 Å². The van der Waals surface area contributed by atoms with Crippen LogP contribution in [0.1, 0.15) is 27.9 Å². The summed E-state index contributed by atoms with van der Waals surface area (Å²) in [5, 5.41) is 2.80. The lowest BCUT2D eigenvalue weighted by Gasteiger charge is -2.28. The zero-order valence-corrected chi connectivity index (χ0v) is 21.4. The van der Waals surface area contributed by atoms with E-state index in [2.05, 4.69) is 30.9 Å². The zero-order valence-electron chi connectivity index (χ0n) is 20.5. The van der Waals surface area contributed by atoms with Crippen LogP contribution in [0.15, 0.2) is 48.5 Å². The third-order valence-corrected chi connectivity index (χ3v) is 7.88. The number of amides is 1. The molecule has 0 aliphatic carbocycles. The number of methoxy groups -OCH3 is 1. The van der Waals surface area contributed by atoms with Gasteiger partial charge in [0, 0.05) is 26.2 Å². The maximum Gasteiger partial charge on any atom is 0.263 e. The molecule has 0 spiro atoms. The second-order valence-electron chi connectivity index (χ2n) is 9.04. The smallest absolute Gasteiger partial charge is 0.263 e. The third kappa shape index (κ3) is 4.89. The lowest BCUT2D eigenvalue weighted by Crippen LogP contribution is -2.39. The number of carbonyl (C=O) groups is 1. The molecule has 35 heavy (non-hydrogen) atoms. The maximum atomic E-state index is 14.1. The minimum atomic E-state index is -0.0797. The number of morpholine rings is 1. The Labute approximate surface area is 210 Å². The summed E-state index contributed by atoms with van der Waals surface area (Å²) in [5.74, 6) is 0.504. The number of fused-ring (bicyclic) bond motifs is 2. The fourth-order valence-electron chi connectivity index (χ4n) is 4.63. The second kappa shape index (κ2) is 10.3. The molecule has 0 unspecified atom stereocenters. The summed E-state index contributed by atoms with van der Waals surface area (Å²) in [7, 11) is 1.62.